The fourth-order valence-electron chi connectivity index (χ4n) is 2.23. The number of nitrogens with zero attached hydrogens (tertiary/aromatic N) is 1. The normalized spacial score (nSPS) is 10.3. The van der Waals surface area contributed by atoms with E-state index in [0.29, 0.717) is 33.7 Å². The van der Waals surface area contributed by atoms with Crippen molar-refractivity contribution >= 4 is 40.6 Å². The van der Waals surface area contributed by atoms with Crippen LogP contribution in [0.4, 0.5) is 11.5 Å². The fraction of sp³-hybridized carbons (Fsp3) is 0.0526. The van der Waals surface area contributed by atoms with Crippen LogP contribution in [0.3, 0.4) is 0 Å². The van der Waals surface area contributed by atoms with Gasteiger partial charge in [-0.15, -0.1) is 0 Å². The van der Waals surface area contributed by atoms with Crippen LogP contribution in [-0.4, -0.2) is 10.9 Å². The van der Waals surface area contributed by atoms with E-state index in [1.54, 1.807) is 30.3 Å². The maximum atomic E-state index is 12.2. The highest BCUT2D eigenvalue weighted by Gasteiger charge is 2.09. The Morgan fingerprint density at radius 3 is 2.28 bits per heavy atom. The van der Waals surface area contributed by atoms with Crippen molar-refractivity contribution in [1.82, 2.24) is 10.3 Å². The maximum absolute atomic E-state index is 12.2. The molecule has 1 heterocycles. The topological polar surface area (TPSA) is 54.0 Å². The van der Waals surface area contributed by atoms with Crippen molar-refractivity contribution in [3.8, 4) is 0 Å². The highest BCUT2D eigenvalue weighted by molar-refractivity contribution is 6.39. The molecule has 1 aromatic heterocycles. The molecule has 0 radical (unpaired) electrons. The minimum Gasteiger partial charge on any atom is -0.348 e. The summed E-state index contributed by atoms with van der Waals surface area (Å²) in [7, 11) is 0. The van der Waals surface area contributed by atoms with Crippen molar-refractivity contribution < 1.29 is 4.79 Å². The number of benzene rings is 2. The number of halogens is 2. The zero-order valence-corrected chi connectivity index (χ0v) is 14.7. The fourth-order valence-corrected chi connectivity index (χ4v) is 2.72. The molecule has 0 saturated carbocycles. The lowest BCUT2D eigenvalue weighted by Gasteiger charge is -2.10. The van der Waals surface area contributed by atoms with Gasteiger partial charge in [-0.1, -0.05) is 59.6 Å². The summed E-state index contributed by atoms with van der Waals surface area (Å²) >= 11 is 12.2. The van der Waals surface area contributed by atoms with E-state index in [1.807, 2.05) is 30.3 Å². The van der Waals surface area contributed by atoms with Crippen LogP contribution < -0.4 is 10.6 Å². The number of pyridine rings is 1. The summed E-state index contributed by atoms with van der Waals surface area (Å²) in [6.45, 7) is 0.467. The van der Waals surface area contributed by atoms with E-state index in [9.17, 15) is 4.79 Å². The zero-order chi connectivity index (χ0) is 17.6. The second kappa shape index (κ2) is 8.01. The van der Waals surface area contributed by atoms with Crippen molar-refractivity contribution in [2.24, 2.45) is 0 Å². The summed E-state index contributed by atoms with van der Waals surface area (Å²) in [6.07, 6.45) is 1.51. The number of hydrogen-bond acceptors (Lipinski definition) is 3. The van der Waals surface area contributed by atoms with Gasteiger partial charge in [0.15, 0.2) is 0 Å². The van der Waals surface area contributed by atoms with Crippen LogP contribution in [0, 0.1) is 0 Å². The van der Waals surface area contributed by atoms with Crippen molar-refractivity contribution in [2.45, 2.75) is 6.54 Å². The molecule has 2 N–H and O–H groups in total. The van der Waals surface area contributed by atoms with Gasteiger partial charge in [0.05, 0.1) is 21.3 Å². The van der Waals surface area contributed by atoms with Crippen molar-refractivity contribution in [1.29, 1.82) is 0 Å². The van der Waals surface area contributed by atoms with E-state index in [2.05, 4.69) is 15.6 Å². The first-order valence-electron chi connectivity index (χ1n) is 7.63. The number of amides is 1. The average molecular weight is 372 g/mol. The van der Waals surface area contributed by atoms with Crippen molar-refractivity contribution in [2.75, 3.05) is 5.32 Å². The van der Waals surface area contributed by atoms with Crippen LogP contribution in [-0.2, 0) is 6.54 Å². The van der Waals surface area contributed by atoms with Gasteiger partial charge in [-0.2, -0.15) is 0 Å². The Labute approximate surface area is 155 Å². The number of rotatable bonds is 5. The number of aromatic nitrogens is 1. The first kappa shape index (κ1) is 17.3. The van der Waals surface area contributed by atoms with Gasteiger partial charge in [-0.3, -0.25) is 4.79 Å². The van der Waals surface area contributed by atoms with Crippen LogP contribution in [0.1, 0.15) is 15.9 Å². The molecular formula is C19H15Cl2N3O. The van der Waals surface area contributed by atoms with E-state index in [1.165, 1.54) is 6.20 Å². The molecule has 0 aliphatic carbocycles. The van der Waals surface area contributed by atoms with E-state index < -0.39 is 0 Å². The standard InChI is InChI=1S/C19H15Cl2N3O/c20-15-7-4-8-16(21)18(15)24-17-10-9-14(12-22-17)19(25)23-11-13-5-2-1-3-6-13/h1-10,12H,11H2,(H,22,24)(H,23,25). The average Bonchev–Trinajstić information content (AvgIpc) is 2.64. The quantitative estimate of drug-likeness (QED) is 0.658. The second-order valence-electron chi connectivity index (χ2n) is 5.32. The molecule has 0 aliphatic heterocycles. The van der Waals surface area contributed by atoms with Crippen LogP contribution in [0.25, 0.3) is 0 Å². The number of hydrogen-bond donors (Lipinski definition) is 2. The van der Waals surface area contributed by atoms with Crippen molar-refractivity contribution in [3.63, 3.8) is 0 Å². The summed E-state index contributed by atoms with van der Waals surface area (Å²) in [5.41, 5.74) is 2.10. The number of carbonyl (C=O) groups is 1. The predicted octanol–water partition coefficient (Wildman–Crippen LogP) is 5.06. The molecule has 3 rings (SSSR count). The Hall–Kier alpha value is -2.56. The molecule has 6 heteroatoms. The van der Waals surface area contributed by atoms with E-state index in [4.69, 9.17) is 23.2 Å². The summed E-state index contributed by atoms with van der Waals surface area (Å²) in [4.78, 5) is 16.4. The Morgan fingerprint density at radius 1 is 0.920 bits per heavy atom. The number of nitrogens with one attached hydrogen (secondary N) is 2. The third kappa shape index (κ3) is 4.50. The number of anilines is 2. The molecule has 0 atom stereocenters. The Bertz CT molecular complexity index is 847. The van der Waals surface area contributed by atoms with Gasteiger partial charge >= 0.3 is 0 Å². The van der Waals surface area contributed by atoms with Gasteiger partial charge in [0.1, 0.15) is 5.82 Å². The molecule has 1 amide bonds. The minimum absolute atomic E-state index is 0.182. The highest BCUT2D eigenvalue weighted by atomic mass is 35.5. The molecule has 0 aliphatic rings. The van der Waals surface area contributed by atoms with Gasteiger partial charge in [0.2, 0.25) is 0 Å². The number of para-hydroxylation sites is 1. The molecule has 0 spiro atoms. The van der Waals surface area contributed by atoms with Gasteiger partial charge in [0, 0.05) is 12.7 Å². The molecule has 126 valence electrons. The lowest BCUT2D eigenvalue weighted by Crippen LogP contribution is -2.22. The Morgan fingerprint density at radius 2 is 1.64 bits per heavy atom. The smallest absolute Gasteiger partial charge is 0.253 e. The van der Waals surface area contributed by atoms with Crippen LogP contribution >= 0.6 is 23.2 Å². The molecule has 4 nitrogen and oxygen atoms in total. The van der Waals surface area contributed by atoms with Gasteiger partial charge in [-0.25, -0.2) is 4.98 Å². The molecular weight excluding hydrogens is 357 g/mol. The third-order valence-electron chi connectivity index (χ3n) is 3.54. The van der Waals surface area contributed by atoms with Crippen LogP contribution in [0.2, 0.25) is 10.0 Å². The molecule has 0 unspecified atom stereocenters. The first-order valence-corrected chi connectivity index (χ1v) is 8.38. The van der Waals surface area contributed by atoms with Crippen LogP contribution in [0.15, 0.2) is 66.9 Å². The summed E-state index contributed by atoms with van der Waals surface area (Å²) < 4.78 is 0. The third-order valence-corrected chi connectivity index (χ3v) is 4.17. The van der Waals surface area contributed by atoms with Gasteiger partial charge in [0.25, 0.3) is 5.91 Å². The maximum Gasteiger partial charge on any atom is 0.253 e. The molecule has 0 bridgehead atoms. The van der Waals surface area contributed by atoms with Crippen molar-refractivity contribution in [3.05, 3.63) is 88.0 Å². The minimum atomic E-state index is -0.182. The van der Waals surface area contributed by atoms with E-state index >= 15 is 0 Å². The second-order valence-corrected chi connectivity index (χ2v) is 6.14. The number of carbonyl (C=O) groups excluding carboxylic acids is 1. The molecule has 0 fully saturated rings. The SMILES string of the molecule is O=C(NCc1ccccc1)c1ccc(Nc2c(Cl)cccc2Cl)nc1. The Kier molecular flexibility index (Phi) is 5.53. The van der Waals surface area contributed by atoms with E-state index in [-0.39, 0.29) is 5.91 Å². The molecule has 0 saturated heterocycles. The molecule has 25 heavy (non-hydrogen) atoms. The lowest BCUT2D eigenvalue weighted by molar-refractivity contribution is 0.0950. The monoisotopic (exact) mass is 371 g/mol. The predicted molar refractivity (Wildman–Crippen MR) is 102 cm³/mol. The van der Waals surface area contributed by atoms with E-state index in [0.717, 1.165) is 5.56 Å². The van der Waals surface area contributed by atoms with Crippen LogP contribution in [0.5, 0.6) is 0 Å². The molecule has 3 aromatic rings. The molecule has 2 aromatic carbocycles. The van der Waals surface area contributed by atoms with Gasteiger partial charge in [-0.05, 0) is 29.8 Å². The largest absolute Gasteiger partial charge is 0.348 e. The highest BCUT2D eigenvalue weighted by Crippen LogP contribution is 2.31. The summed E-state index contributed by atoms with van der Waals surface area (Å²) in [6, 6.07) is 18.4. The summed E-state index contributed by atoms with van der Waals surface area (Å²) in [5, 5.41) is 6.92. The Balaban J connectivity index is 1.64. The first-order chi connectivity index (χ1) is 12.1. The lowest BCUT2D eigenvalue weighted by atomic mass is 10.2. The zero-order valence-electron chi connectivity index (χ0n) is 13.2. The summed E-state index contributed by atoms with van der Waals surface area (Å²) in [5.74, 6) is 0.369. The van der Waals surface area contributed by atoms with Gasteiger partial charge < -0.3 is 10.6 Å².